The molecule has 0 radical (unpaired) electrons. The molecule has 0 aliphatic heterocycles. The number of methoxy groups -OCH3 is 1. The van der Waals surface area contributed by atoms with Gasteiger partial charge >= 0.3 is 0 Å². The lowest BCUT2D eigenvalue weighted by molar-refractivity contribution is 0.409. The second-order valence-electron chi connectivity index (χ2n) is 2.46. The summed E-state index contributed by atoms with van der Waals surface area (Å²) in [4.78, 5) is 0. The third-order valence-corrected chi connectivity index (χ3v) is 1.92. The molecule has 0 bridgehead atoms. The highest BCUT2D eigenvalue weighted by molar-refractivity contribution is 6.32. The van der Waals surface area contributed by atoms with Crippen LogP contribution in [-0.4, -0.2) is 14.2 Å². The van der Waals surface area contributed by atoms with Gasteiger partial charge in [0.1, 0.15) is 5.75 Å². The molecule has 0 amide bonds. The van der Waals surface area contributed by atoms with Crippen molar-refractivity contribution in [1.82, 2.24) is 5.32 Å². The van der Waals surface area contributed by atoms with Crippen molar-refractivity contribution in [3.8, 4) is 5.75 Å². The minimum atomic E-state index is 0.658. The van der Waals surface area contributed by atoms with Gasteiger partial charge in [-0.05, 0) is 13.1 Å². The Labute approximate surface area is 77.5 Å². The number of para-hydroxylation sites is 1. The van der Waals surface area contributed by atoms with E-state index in [4.69, 9.17) is 16.3 Å². The van der Waals surface area contributed by atoms with E-state index in [1.807, 2.05) is 25.2 Å². The Morgan fingerprint density at radius 2 is 2.25 bits per heavy atom. The molecule has 0 atom stereocenters. The van der Waals surface area contributed by atoms with Gasteiger partial charge < -0.3 is 10.1 Å². The van der Waals surface area contributed by atoms with E-state index < -0.39 is 0 Å². The van der Waals surface area contributed by atoms with Gasteiger partial charge in [0.2, 0.25) is 0 Å². The van der Waals surface area contributed by atoms with E-state index >= 15 is 0 Å². The van der Waals surface area contributed by atoms with Crippen LogP contribution in [0, 0.1) is 0 Å². The van der Waals surface area contributed by atoms with Crippen molar-refractivity contribution in [2.24, 2.45) is 0 Å². The van der Waals surface area contributed by atoms with E-state index in [0.717, 1.165) is 17.9 Å². The average Bonchev–Trinajstić information content (AvgIpc) is 2.05. The Balaban J connectivity index is 3.00. The number of halogens is 1. The van der Waals surface area contributed by atoms with Crippen LogP contribution in [0.25, 0.3) is 0 Å². The molecule has 0 saturated heterocycles. The average molecular weight is 186 g/mol. The maximum atomic E-state index is 5.91. The van der Waals surface area contributed by atoms with Gasteiger partial charge in [-0.1, -0.05) is 23.7 Å². The summed E-state index contributed by atoms with van der Waals surface area (Å²) in [6.07, 6.45) is 0. The normalized spacial score (nSPS) is 9.92. The largest absolute Gasteiger partial charge is 0.495 e. The van der Waals surface area contributed by atoms with Gasteiger partial charge in [-0.3, -0.25) is 0 Å². The number of hydrogen-bond donors (Lipinski definition) is 1. The number of rotatable bonds is 3. The highest BCUT2D eigenvalue weighted by atomic mass is 35.5. The summed E-state index contributed by atoms with van der Waals surface area (Å²) in [5.41, 5.74) is 1.08. The summed E-state index contributed by atoms with van der Waals surface area (Å²) >= 11 is 5.91. The number of hydrogen-bond acceptors (Lipinski definition) is 2. The van der Waals surface area contributed by atoms with Gasteiger partial charge in [0.05, 0.1) is 12.1 Å². The van der Waals surface area contributed by atoms with E-state index in [1.54, 1.807) is 7.11 Å². The SMILES string of the molecule is CNCc1cccc(Cl)c1OC. The first-order valence-corrected chi connectivity index (χ1v) is 4.13. The van der Waals surface area contributed by atoms with E-state index in [-0.39, 0.29) is 0 Å². The molecule has 1 aromatic carbocycles. The number of nitrogens with one attached hydrogen (secondary N) is 1. The van der Waals surface area contributed by atoms with Crippen LogP contribution < -0.4 is 10.1 Å². The van der Waals surface area contributed by atoms with Gasteiger partial charge in [-0.15, -0.1) is 0 Å². The van der Waals surface area contributed by atoms with Crippen molar-refractivity contribution in [3.05, 3.63) is 28.8 Å². The van der Waals surface area contributed by atoms with Crippen LogP contribution in [0.1, 0.15) is 5.56 Å². The van der Waals surface area contributed by atoms with Crippen molar-refractivity contribution < 1.29 is 4.74 Å². The molecular weight excluding hydrogens is 174 g/mol. The molecule has 0 saturated carbocycles. The van der Waals surface area contributed by atoms with Crippen molar-refractivity contribution in [1.29, 1.82) is 0 Å². The Kier molecular flexibility index (Phi) is 3.38. The van der Waals surface area contributed by atoms with Crippen LogP contribution in [0.4, 0.5) is 0 Å². The summed E-state index contributed by atoms with van der Waals surface area (Å²) in [5.74, 6) is 0.758. The van der Waals surface area contributed by atoms with Crippen molar-refractivity contribution >= 4 is 11.6 Å². The Morgan fingerprint density at radius 3 is 2.83 bits per heavy atom. The standard InChI is InChI=1S/C9H12ClNO/c1-11-6-7-4-3-5-8(10)9(7)12-2/h3-5,11H,6H2,1-2H3. The van der Waals surface area contributed by atoms with Crippen LogP contribution in [0.2, 0.25) is 5.02 Å². The Bertz CT molecular complexity index is 263. The van der Waals surface area contributed by atoms with E-state index in [2.05, 4.69) is 5.32 Å². The predicted octanol–water partition coefficient (Wildman–Crippen LogP) is 2.07. The molecule has 0 aliphatic carbocycles. The van der Waals surface area contributed by atoms with Gasteiger partial charge in [-0.25, -0.2) is 0 Å². The zero-order valence-electron chi connectivity index (χ0n) is 7.23. The molecule has 1 N–H and O–H groups in total. The quantitative estimate of drug-likeness (QED) is 0.779. The fourth-order valence-corrected chi connectivity index (χ4v) is 1.38. The van der Waals surface area contributed by atoms with E-state index in [1.165, 1.54) is 0 Å². The number of benzene rings is 1. The molecule has 0 aromatic heterocycles. The van der Waals surface area contributed by atoms with Gasteiger partial charge in [0, 0.05) is 12.1 Å². The molecule has 66 valence electrons. The molecule has 0 fully saturated rings. The van der Waals surface area contributed by atoms with Crippen LogP contribution in [0.3, 0.4) is 0 Å². The molecule has 3 heteroatoms. The molecule has 0 unspecified atom stereocenters. The maximum Gasteiger partial charge on any atom is 0.141 e. The lowest BCUT2D eigenvalue weighted by Gasteiger charge is -2.08. The molecule has 0 aliphatic rings. The molecule has 2 nitrogen and oxygen atoms in total. The zero-order chi connectivity index (χ0) is 8.97. The minimum Gasteiger partial charge on any atom is -0.495 e. The maximum absolute atomic E-state index is 5.91. The summed E-state index contributed by atoms with van der Waals surface area (Å²) < 4.78 is 5.16. The van der Waals surface area contributed by atoms with Crippen LogP contribution in [0.15, 0.2) is 18.2 Å². The van der Waals surface area contributed by atoms with Crippen LogP contribution in [0.5, 0.6) is 5.75 Å². The fourth-order valence-electron chi connectivity index (χ4n) is 1.11. The summed E-state index contributed by atoms with van der Waals surface area (Å²) in [6, 6.07) is 5.72. The monoisotopic (exact) mass is 185 g/mol. The lowest BCUT2D eigenvalue weighted by Crippen LogP contribution is -2.06. The second-order valence-corrected chi connectivity index (χ2v) is 2.87. The third kappa shape index (κ3) is 1.90. The molecular formula is C9H12ClNO. The first kappa shape index (κ1) is 9.36. The Morgan fingerprint density at radius 1 is 1.50 bits per heavy atom. The van der Waals surface area contributed by atoms with Crippen LogP contribution >= 0.6 is 11.6 Å². The minimum absolute atomic E-state index is 0.658. The van der Waals surface area contributed by atoms with Gasteiger partial charge in [0.25, 0.3) is 0 Å². The van der Waals surface area contributed by atoms with E-state index in [9.17, 15) is 0 Å². The lowest BCUT2D eigenvalue weighted by atomic mass is 10.2. The predicted molar refractivity (Wildman–Crippen MR) is 50.8 cm³/mol. The number of ether oxygens (including phenoxy) is 1. The summed E-state index contributed by atoms with van der Waals surface area (Å²) in [7, 11) is 3.51. The first-order valence-electron chi connectivity index (χ1n) is 3.75. The van der Waals surface area contributed by atoms with Gasteiger partial charge in [0.15, 0.2) is 0 Å². The molecule has 0 heterocycles. The zero-order valence-corrected chi connectivity index (χ0v) is 7.98. The van der Waals surface area contributed by atoms with Gasteiger partial charge in [-0.2, -0.15) is 0 Å². The van der Waals surface area contributed by atoms with Crippen molar-refractivity contribution in [2.75, 3.05) is 14.2 Å². The highest BCUT2D eigenvalue weighted by Gasteiger charge is 2.04. The van der Waals surface area contributed by atoms with Crippen molar-refractivity contribution in [2.45, 2.75) is 6.54 Å². The molecule has 12 heavy (non-hydrogen) atoms. The fraction of sp³-hybridized carbons (Fsp3) is 0.333. The molecule has 0 spiro atoms. The van der Waals surface area contributed by atoms with E-state index in [0.29, 0.717) is 5.02 Å². The molecule has 1 aromatic rings. The Hall–Kier alpha value is -0.730. The molecule has 1 rings (SSSR count). The topological polar surface area (TPSA) is 21.3 Å². The summed E-state index contributed by atoms with van der Waals surface area (Å²) in [6.45, 7) is 0.768. The van der Waals surface area contributed by atoms with Crippen LogP contribution in [-0.2, 0) is 6.54 Å². The van der Waals surface area contributed by atoms with Crippen molar-refractivity contribution in [3.63, 3.8) is 0 Å². The second kappa shape index (κ2) is 4.33. The first-order chi connectivity index (χ1) is 5.79. The third-order valence-electron chi connectivity index (χ3n) is 1.62. The summed E-state index contributed by atoms with van der Waals surface area (Å²) in [5, 5.41) is 3.70. The highest BCUT2D eigenvalue weighted by Crippen LogP contribution is 2.27. The smallest absolute Gasteiger partial charge is 0.141 e.